The van der Waals surface area contributed by atoms with Gasteiger partial charge >= 0.3 is 0 Å². The normalized spacial score (nSPS) is 54.0. The van der Waals surface area contributed by atoms with Gasteiger partial charge in [-0.25, -0.2) is 0 Å². The minimum Gasteiger partial charge on any atom is -0.393 e. The summed E-state index contributed by atoms with van der Waals surface area (Å²) in [6, 6.07) is 0. The Balaban J connectivity index is 2.38. The molecule has 0 heterocycles. The molecule has 2 saturated carbocycles. The van der Waals surface area contributed by atoms with Gasteiger partial charge in [0.15, 0.2) is 0 Å². The van der Waals surface area contributed by atoms with E-state index >= 15 is 0 Å². The summed E-state index contributed by atoms with van der Waals surface area (Å²) < 4.78 is 0. The summed E-state index contributed by atoms with van der Waals surface area (Å²) in [7, 11) is 0. The van der Waals surface area contributed by atoms with Gasteiger partial charge in [0.2, 0.25) is 0 Å². The first-order valence-corrected chi connectivity index (χ1v) is 6.12. The van der Waals surface area contributed by atoms with E-state index in [0.717, 1.165) is 25.7 Å². The lowest BCUT2D eigenvalue weighted by atomic mass is 9.54. The molecule has 15 heavy (non-hydrogen) atoms. The SMILES string of the molecule is CC1(C)[C@H]2CC[C@@](C)(O)[C@@]2(C)CC[C@@H]1O. The molecule has 0 radical (unpaired) electrons. The molecule has 2 N–H and O–H groups in total. The molecule has 2 aliphatic rings. The molecule has 0 bridgehead atoms. The van der Waals surface area contributed by atoms with Crippen molar-refractivity contribution in [3.8, 4) is 0 Å². The molecule has 0 saturated heterocycles. The lowest BCUT2D eigenvalue weighted by molar-refractivity contribution is -0.141. The Kier molecular flexibility index (Phi) is 2.27. The topological polar surface area (TPSA) is 40.5 Å². The Morgan fingerprint density at radius 1 is 1.00 bits per heavy atom. The molecule has 0 unspecified atom stereocenters. The zero-order valence-electron chi connectivity index (χ0n) is 10.4. The maximum absolute atomic E-state index is 10.5. The van der Waals surface area contributed by atoms with Gasteiger partial charge in [-0.1, -0.05) is 20.8 Å². The smallest absolute Gasteiger partial charge is 0.0676 e. The second-order valence-corrected chi connectivity index (χ2v) is 6.66. The molecule has 0 aliphatic heterocycles. The second kappa shape index (κ2) is 2.98. The first-order valence-electron chi connectivity index (χ1n) is 6.12. The monoisotopic (exact) mass is 212 g/mol. The molecule has 2 heteroatoms. The van der Waals surface area contributed by atoms with Crippen molar-refractivity contribution in [1.29, 1.82) is 0 Å². The summed E-state index contributed by atoms with van der Waals surface area (Å²) in [6.07, 6.45) is 3.51. The van der Waals surface area contributed by atoms with Gasteiger partial charge in [0.1, 0.15) is 0 Å². The highest BCUT2D eigenvalue weighted by molar-refractivity contribution is 5.11. The third-order valence-electron chi connectivity index (χ3n) is 5.61. The van der Waals surface area contributed by atoms with Crippen LogP contribution in [0.5, 0.6) is 0 Å². The van der Waals surface area contributed by atoms with Crippen LogP contribution in [0.2, 0.25) is 0 Å². The Hall–Kier alpha value is -0.0800. The Labute approximate surface area is 92.7 Å². The summed E-state index contributed by atoms with van der Waals surface area (Å²) in [5.41, 5.74) is -0.599. The highest BCUT2D eigenvalue weighted by atomic mass is 16.3. The number of hydrogen-bond donors (Lipinski definition) is 2. The van der Waals surface area contributed by atoms with Gasteiger partial charge in [0.25, 0.3) is 0 Å². The van der Waals surface area contributed by atoms with Crippen molar-refractivity contribution in [3.63, 3.8) is 0 Å². The van der Waals surface area contributed by atoms with Crippen LogP contribution in [0, 0.1) is 16.7 Å². The summed E-state index contributed by atoms with van der Waals surface area (Å²) in [5.74, 6) is 0.448. The Morgan fingerprint density at radius 3 is 2.20 bits per heavy atom. The van der Waals surface area contributed by atoms with Crippen LogP contribution in [0.25, 0.3) is 0 Å². The van der Waals surface area contributed by atoms with Gasteiger partial charge in [-0.15, -0.1) is 0 Å². The van der Waals surface area contributed by atoms with Crippen molar-refractivity contribution in [2.24, 2.45) is 16.7 Å². The lowest BCUT2D eigenvalue weighted by Crippen LogP contribution is -2.53. The fourth-order valence-corrected chi connectivity index (χ4v) is 4.08. The predicted molar refractivity (Wildman–Crippen MR) is 60.5 cm³/mol. The van der Waals surface area contributed by atoms with Crippen LogP contribution in [0.4, 0.5) is 0 Å². The van der Waals surface area contributed by atoms with Crippen molar-refractivity contribution in [2.45, 2.75) is 65.1 Å². The Bertz CT molecular complexity index is 270. The number of rotatable bonds is 0. The van der Waals surface area contributed by atoms with Crippen molar-refractivity contribution in [3.05, 3.63) is 0 Å². The average molecular weight is 212 g/mol. The average Bonchev–Trinajstić information content (AvgIpc) is 2.34. The second-order valence-electron chi connectivity index (χ2n) is 6.66. The van der Waals surface area contributed by atoms with Gasteiger partial charge in [-0.05, 0) is 49.4 Å². The number of hydrogen-bond acceptors (Lipinski definition) is 2. The summed E-state index contributed by atoms with van der Waals surface area (Å²) >= 11 is 0. The molecule has 2 rings (SSSR count). The first-order chi connectivity index (χ1) is 6.72. The molecule has 2 fully saturated rings. The first kappa shape index (κ1) is 11.4. The largest absolute Gasteiger partial charge is 0.393 e. The van der Waals surface area contributed by atoms with E-state index in [-0.39, 0.29) is 16.9 Å². The summed E-state index contributed by atoms with van der Waals surface area (Å²) in [5, 5.41) is 20.6. The zero-order valence-corrected chi connectivity index (χ0v) is 10.4. The van der Waals surface area contributed by atoms with E-state index in [9.17, 15) is 10.2 Å². The minimum atomic E-state index is -0.547. The molecule has 0 amide bonds. The lowest BCUT2D eigenvalue weighted by Gasteiger charge is -2.53. The van der Waals surface area contributed by atoms with Crippen LogP contribution in [-0.2, 0) is 0 Å². The van der Waals surface area contributed by atoms with E-state index in [2.05, 4.69) is 20.8 Å². The molecular weight excluding hydrogens is 188 g/mol. The predicted octanol–water partition coefficient (Wildman–Crippen LogP) is 2.33. The van der Waals surface area contributed by atoms with Crippen molar-refractivity contribution in [1.82, 2.24) is 0 Å². The summed E-state index contributed by atoms with van der Waals surface area (Å²) in [4.78, 5) is 0. The molecule has 0 aromatic carbocycles. The highest BCUT2D eigenvalue weighted by Gasteiger charge is 2.61. The third-order valence-corrected chi connectivity index (χ3v) is 5.61. The standard InChI is InChI=1S/C13H24O2/c1-11(2)9-5-8-13(4,15)12(9,3)7-6-10(11)14/h9-10,14-15H,5-8H2,1-4H3/t9-,10+,12+,13-/m1/s1. The van der Waals surface area contributed by atoms with Gasteiger partial charge in [-0.3, -0.25) is 0 Å². The molecule has 2 aliphatic carbocycles. The van der Waals surface area contributed by atoms with E-state index < -0.39 is 5.60 Å². The molecule has 2 nitrogen and oxygen atoms in total. The quantitative estimate of drug-likeness (QED) is 0.647. The number of fused-ring (bicyclic) bond motifs is 1. The summed E-state index contributed by atoms with van der Waals surface area (Å²) in [6.45, 7) is 8.49. The van der Waals surface area contributed by atoms with Gasteiger partial charge < -0.3 is 10.2 Å². The number of aliphatic hydroxyl groups is 2. The van der Waals surface area contributed by atoms with Gasteiger partial charge in [0, 0.05) is 0 Å². The van der Waals surface area contributed by atoms with E-state index in [1.807, 2.05) is 6.92 Å². The van der Waals surface area contributed by atoms with E-state index in [1.54, 1.807) is 0 Å². The van der Waals surface area contributed by atoms with Crippen molar-refractivity contribution >= 4 is 0 Å². The fourth-order valence-electron chi connectivity index (χ4n) is 4.08. The van der Waals surface area contributed by atoms with E-state index in [0.29, 0.717) is 5.92 Å². The van der Waals surface area contributed by atoms with Crippen LogP contribution in [0.3, 0.4) is 0 Å². The molecule has 4 atom stereocenters. The third kappa shape index (κ3) is 1.31. The highest BCUT2D eigenvalue weighted by Crippen LogP contribution is 2.62. The van der Waals surface area contributed by atoms with Crippen LogP contribution < -0.4 is 0 Å². The van der Waals surface area contributed by atoms with E-state index in [1.165, 1.54) is 0 Å². The fraction of sp³-hybridized carbons (Fsp3) is 1.00. The molecule has 0 aromatic heterocycles. The van der Waals surface area contributed by atoms with Crippen LogP contribution in [0.1, 0.15) is 53.4 Å². The molecule has 0 aromatic rings. The maximum atomic E-state index is 10.5. The molecular formula is C13H24O2. The van der Waals surface area contributed by atoms with Gasteiger partial charge in [0.05, 0.1) is 11.7 Å². The number of aliphatic hydroxyl groups excluding tert-OH is 1. The van der Waals surface area contributed by atoms with Crippen LogP contribution in [-0.4, -0.2) is 21.9 Å². The maximum Gasteiger partial charge on any atom is 0.0676 e. The van der Waals surface area contributed by atoms with Gasteiger partial charge in [-0.2, -0.15) is 0 Å². The molecule has 0 spiro atoms. The molecule has 88 valence electrons. The van der Waals surface area contributed by atoms with E-state index in [4.69, 9.17) is 0 Å². The van der Waals surface area contributed by atoms with Crippen molar-refractivity contribution < 1.29 is 10.2 Å². The Morgan fingerprint density at radius 2 is 1.60 bits per heavy atom. The van der Waals surface area contributed by atoms with Crippen LogP contribution >= 0.6 is 0 Å². The minimum absolute atomic E-state index is 0.00424. The van der Waals surface area contributed by atoms with Crippen molar-refractivity contribution in [2.75, 3.05) is 0 Å². The van der Waals surface area contributed by atoms with Crippen LogP contribution in [0.15, 0.2) is 0 Å². The zero-order chi connectivity index (χ0) is 11.5.